The van der Waals surface area contributed by atoms with Gasteiger partial charge in [-0.3, -0.25) is 4.79 Å². The number of aromatic nitrogens is 1. The lowest BCUT2D eigenvalue weighted by Gasteiger charge is -2.48. The summed E-state index contributed by atoms with van der Waals surface area (Å²) in [6, 6.07) is 0.308. The lowest BCUT2D eigenvalue weighted by Crippen LogP contribution is -2.59. The summed E-state index contributed by atoms with van der Waals surface area (Å²) in [6.07, 6.45) is 8.18. The Kier molecular flexibility index (Phi) is 4.62. The Morgan fingerprint density at radius 3 is 2.96 bits per heavy atom. The maximum Gasteiger partial charge on any atom is 0.263 e. The van der Waals surface area contributed by atoms with Crippen molar-refractivity contribution in [1.29, 1.82) is 0 Å². The summed E-state index contributed by atoms with van der Waals surface area (Å²) in [6.45, 7) is 5.18. The second-order valence-electron chi connectivity index (χ2n) is 7.81. The van der Waals surface area contributed by atoms with Gasteiger partial charge in [-0.25, -0.2) is 4.98 Å². The number of aryl methyl sites for hydroxylation is 1. The lowest BCUT2D eigenvalue weighted by atomic mass is 9.70. The van der Waals surface area contributed by atoms with Crippen LogP contribution in [0.25, 0.3) is 0 Å². The van der Waals surface area contributed by atoms with Crippen LogP contribution in [0, 0.1) is 12.8 Å². The summed E-state index contributed by atoms with van der Waals surface area (Å²) < 4.78 is 0. The van der Waals surface area contributed by atoms with Crippen LogP contribution in [0.2, 0.25) is 0 Å². The van der Waals surface area contributed by atoms with Crippen molar-refractivity contribution in [2.24, 2.45) is 5.92 Å². The van der Waals surface area contributed by atoms with Gasteiger partial charge >= 0.3 is 0 Å². The largest absolute Gasteiger partial charge is 0.348 e. The van der Waals surface area contributed by atoms with Crippen LogP contribution in [0.15, 0.2) is 0 Å². The molecule has 1 spiro atoms. The maximum absolute atomic E-state index is 12.7. The van der Waals surface area contributed by atoms with Gasteiger partial charge in [0.05, 0.1) is 10.7 Å². The van der Waals surface area contributed by atoms with Crippen molar-refractivity contribution < 1.29 is 4.79 Å². The highest BCUT2D eigenvalue weighted by atomic mass is 32.1. The van der Waals surface area contributed by atoms with Crippen LogP contribution in [0.1, 0.15) is 58.9 Å². The number of nitrogens with one attached hydrogen (secondary N) is 3. The van der Waals surface area contributed by atoms with Gasteiger partial charge < -0.3 is 16.0 Å². The monoisotopic (exact) mass is 348 g/mol. The molecular weight excluding hydrogens is 320 g/mol. The lowest BCUT2D eigenvalue weighted by molar-refractivity contribution is 0.0856. The number of piperidine rings is 1. The maximum atomic E-state index is 12.7. The SMILES string of the molecule is Cc1nc(CC2CCNC2)sc1C(=O)NC1CCNC2(CCC2)C1. The van der Waals surface area contributed by atoms with E-state index in [4.69, 9.17) is 0 Å². The molecule has 0 aromatic carbocycles. The van der Waals surface area contributed by atoms with E-state index in [1.54, 1.807) is 11.3 Å². The summed E-state index contributed by atoms with van der Waals surface area (Å²) in [5, 5.41) is 11.5. The zero-order valence-electron chi connectivity index (χ0n) is 14.5. The summed E-state index contributed by atoms with van der Waals surface area (Å²) in [5.74, 6) is 0.761. The highest BCUT2D eigenvalue weighted by Crippen LogP contribution is 2.38. The van der Waals surface area contributed by atoms with Crippen molar-refractivity contribution in [2.45, 2.75) is 63.5 Å². The molecule has 1 amide bonds. The minimum atomic E-state index is 0.0853. The average molecular weight is 349 g/mol. The Morgan fingerprint density at radius 2 is 2.25 bits per heavy atom. The molecule has 1 aromatic rings. The summed E-state index contributed by atoms with van der Waals surface area (Å²) in [7, 11) is 0. The Labute approximate surface area is 148 Å². The molecule has 2 saturated heterocycles. The van der Waals surface area contributed by atoms with Crippen molar-refractivity contribution in [3.8, 4) is 0 Å². The average Bonchev–Trinajstić information content (AvgIpc) is 3.16. The van der Waals surface area contributed by atoms with Gasteiger partial charge in [0.2, 0.25) is 0 Å². The number of hydrogen-bond donors (Lipinski definition) is 3. The van der Waals surface area contributed by atoms with E-state index < -0.39 is 0 Å². The first-order valence-electron chi connectivity index (χ1n) is 9.36. The van der Waals surface area contributed by atoms with Crippen molar-refractivity contribution in [3.05, 3.63) is 15.6 Å². The Balaban J connectivity index is 1.37. The standard InChI is InChI=1S/C18H28N4OS/c1-12-16(24-15(21-12)9-13-3-7-19-11-13)17(23)22-14-4-8-20-18(10-14)5-2-6-18/h13-14,19-20H,2-11H2,1H3,(H,22,23). The van der Waals surface area contributed by atoms with Crippen LogP contribution < -0.4 is 16.0 Å². The second-order valence-corrected chi connectivity index (χ2v) is 8.89. The number of rotatable bonds is 4. The van der Waals surface area contributed by atoms with Crippen LogP contribution >= 0.6 is 11.3 Å². The molecule has 3 aliphatic rings. The molecule has 0 bridgehead atoms. The topological polar surface area (TPSA) is 66.0 Å². The fourth-order valence-corrected chi connectivity index (χ4v) is 5.48. The molecule has 132 valence electrons. The van der Waals surface area contributed by atoms with E-state index in [1.807, 2.05) is 6.92 Å². The molecule has 4 rings (SSSR count). The van der Waals surface area contributed by atoms with Gasteiger partial charge in [0.25, 0.3) is 5.91 Å². The van der Waals surface area contributed by atoms with Crippen LogP contribution in [-0.4, -0.2) is 42.1 Å². The minimum Gasteiger partial charge on any atom is -0.348 e. The fourth-order valence-electron chi connectivity index (χ4n) is 4.40. The van der Waals surface area contributed by atoms with Gasteiger partial charge in [-0.1, -0.05) is 0 Å². The molecule has 3 heterocycles. The van der Waals surface area contributed by atoms with Gasteiger partial charge in [-0.05, 0) is 71.0 Å². The highest BCUT2D eigenvalue weighted by molar-refractivity contribution is 7.13. The Morgan fingerprint density at radius 1 is 1.38 bits per heavy atom. The first kappa shape index (κ1) is 16.5. The number of hydrogen-bond acceptors (Lipinski definition) is 5. The normalized spacial score (nSPS) is 28.7. The molecule has 1 aliphatic carbocycles. The van der Waals surface area contributed by atoms with E-state index in [-0.39, 0.29) is 5.91 Å². The summed E-state index contributed by atoms with van der Waals surface area (Å²) in [4.78, 5) is 18.2. The van der Waals surface area contributed by atoms with E-state index in [0.717, 1.165) is 54.5 Å². The van der Waals surface area contributed by atoms with Crippen molar-refractivity contribution in [2.75, 3.05) is 19.6 Å². The third-order valence-electron chi connectivity index (χ3n) is 5.95. The predicted octanol–water partition coefficient (Wildman–Crippen LogP) is 2.01. The van der Waals surface area contributed by atoms with Crippen LogP contribution in [0.3, 0.4) is 0 Å². The van der Waals surface area contributed by atoms with Crippen molar-refractivity contribution in [3.63, 3.8) is 0 Å². The number of amides is 1. The van der Waals surface area contributed by atoms with Crippen LogP contribution in [0.4, 0.5) is 0 Å². The molecule has 0 radical (unpaired) electrons. The predicted molar refractivity (Wildman–Crippen MR) is 96.6 cm³/mol. The van der Waals surface area contributed by atoms with E-state index in [1.165, 1.54) is 25.7 Å². The zero-order valence-corrected chi connectivity index (χ0v) is 15.3. The number of carbonyl (C=O) groups excluding carboxylic acids is 1. The molecule has 24 heavy (non-hydrogen) atoms. The Hall–Kier alpha value is -0.980. The third-order valence-corrected chi connectivity index (χ3v) is 7.13. The number of carbonyl (C=O) groups is 1. The first-order chi connectivity index (χ1) is 11.6. The van der Waals surface area contributed by atoms with Gasteiger partial charge in [-0.2, -0.15) is 0 Å². The van der Waals surface area contributed by atoms with Gasteiger partial charge in [0, 0.05) is 18.0 Å². The van der Waals surface area contributed by atoms with Gasteiger partial charge in [-0.15, -0.1) is 11.3 Å². The minimum absolute atomic E-state index is 0.0853. The van der Waals surface area contributed by atoms with Crippen LogP contribution in [-0.2, 0) is 6.42 Å². The Bertz CT molecular complexity index is 604. The molecule has 6 heteroatoms. The number of nitrogens with zero attached hydrogens (tertiary/aromatic N) is 1. The van der Waals surface area contributed by atoms with Gasteiger partial charge in [0.1, 0.15) is 4.88 Å². The molecule has 2 unspecified atom stereocenters. The van der Waals surface area contributed by atoms with Crippen molar-refractivity contribution in [1.82, 2.24) is 20.9 Å². The van der Waals surface area contributed by atoms with E-state index >= 15 is 0 Å². The molecule has 3 N–H and O–H groups in total. The molecule has 1 saturated carbocycles. The molecule has 3 fully saturated rings. The molecule has 5 nitrogen and oxygen atoms in total. The van der Waals surface area contributed by atoms with E-state index in [0.29, 0.717) is 17.5 Å². The summed E-state index contributed by atoms with van der Waals surface area (Å²) in [5.41, 5.74) is 1.21. The first-order valence-corrected chi connectivity index (χ1v) is 10.2. The second kappa shape index (κ2) is 6.73. The summed E-state index contributed by atoms with van der Waals surface area (Å²) >= 11 is 1.60. The fraction of sp³-hybridized carbons (Fsp3) is 0.778. The zero-order chi connectivity index (χ0) is 16.6. The third kappa shape index (κ3) is 3.37. The van der Waals surface area contributed by atoms with E-state index in [2.05, 4.69) is 20.9 Å². The van der Waals surface area contributed by atoms with Gasteiger partial charge in [0.15, 0.2) is 0 Å². The van der Waals surface area contributed by atoms with E-state index in [9.17, 15) is 4.79 Å². The molecular formula is C18H28N4OS. The molecule has 2 atom stereocenters. The molecule has 2 aliphatic heterocycles. The molecule has 1 aromatic heterocycles. The highest BCUT2D eigenvalue weighted by Gasteiger charge is 2.41. The van der Waals surface area contributed by atoms with Crippen molar-refractivity contribution >= 4 is 17.2 Å². The quantitative estimate of drug-likeness (QED) is 0.779. The number of thiazole rings is 1. The van der Waals surface area contributed by atoms with Crippen LogP contribution in [0.5, 0.6) is 0 Å². The smallest absolute Gasteiger partial charge is 0.263 e.